The molecule has 0 fully saturated rings. The topological polar surface area (TPSA) is 38.3 Å². The number of anilines is 1. The summed E-state index contributed by atoms with van der Waals surface area (Å²) in [6.07, 6.45) is -10.1. The van der Waals surface area contributed by atoms with Crippen molar-refractivity contribution in [2.45, 2.75) is 18.7 Å². The zero-order valence-electron chi connectivity index (χ0n) is 8.65. The van der Waals surface area contributed by atoms with Gasteiger partial charge in [0.1, 0.15) is 0 Å². The van der Waals surface area contributed by atoms with E-state index in [9.17, 15) is 26.7 Å². The maximum atomic E-state index is 13.0. The molecule has 1 aliphatic heterocycles. The quantitative estimate of drug-likeness (QED) is 0.794. The lowest BCUT2D eigenvalue weighted by molar-refractivity contribution is -0.190. The van der Waals surface area contributed by atoms with Crippen molar-refractivity contribution in [3.8, 4) is 5.75 Å². The molecule has 0 aromatic heterocycles. The first-order chi connectivity index (χ1) is 8.19. The van der Waals surface area contributed by atoms with Crippen molar-refractivity contribution in [2.24, 2.45) is 0 Å². The van der Waals surface area contributed by atoms with E-state index in [4.69, 9.17) is 0 Å². The number of benzene rings is 1. The Kier molecular flexibility index (Phi) is 2.67. The van der Waals surface area contributed by atoms with Gasteiger partial charge in [-0.2, -0.15) is 22.0 Å². The number of alkyl halides is 5. The van der Waals surface area contributed by atoms with Gasteiger partial charge >= 0.3 is 18.2 Å². The van der Waals surface area contributed by atoms with Gasteiger partial charge in [0.25, 0.3) is 0 Å². The third-order valence-corrected chi connectivity index (χ3v) is 2.23. The summed E-state index contributed by atoms with van der Waals surface area (Å²) in [7, 11) is 0. The number of hydrogen-bond acceptors (Lipinski definition) is 2. The largest absolute Gasteiger partial charge is 0.482 e. The fraction of sp³-hybridized carbons (Fsp3) is 0.300. The van der Waals surface area contributed by atoms with Crippen LogP contribution in [0.1, 0.15) is 5.56 Å². The maximum Gasteiger partial charge on any atom is 0.482 e. The van der Waals surface area contributed by atoms with Crippen molar-refractivity contribution >= 4 is 11.6 Å². The molecule has 0 unspecified atom stereocenters. The lowest BCUT2D eigenvalue weighted by Gasteiger charge is -2.26. The van der Waals surface area contributed by atoms with Crippen LogP contribution in [-0.2, 0) is 11.2 Å². The molecule has 0 bridgehead atoms. The van der Waals surface area contributed by atoms with Gasteiger partial charge in [0, 0.05) is 5.56 Å². The summed E-state index contributed by atoms with van der Waals surface area (Å²) >= 11 is 0. The molecule has 0 aliphatic carbocycles. The molecule has 3 nitrogen and oxygen atoms in total. The number of hydrogen-bond donors (Lipinski definition) is 1. The van der Waals surface area contributed by atoms with E-state index in [1.54, 1.807) is 5.32 Å². The molecule has 1 aliphatic rings. The van der Waals surface area contributed by atoms with Gasteiger partial charge in [0.2, 0.25) is 0 Å². The highest BCUT2D eigenvalue weighted by atomic mass is 19.4. The van der Waals surface area contributed by atoms with Crippen LogP contribution >= 0.6 is 0 Å². The van der Waals surface area contributed by atoms with Crippen LogP contribution in [0.25, 0.3) is 0 Å². The van der Waals surface area contributed by atoms with Crippen LogP contribution < -0.4 is 10.1 Å². The summed E-state index contributed by atoms with van der Waals surface area (Å²) in [6.45, 7) is 0. The van der Waals surface area contributed by atoms with Crippen molar-refractivity contribution < 1.29 is 31.5 Å². The number of nitrogens with one attached hydrogen (secondary N) is 1. The number of halogens is 5. The maximum absolute atomic E-state index is 13.0. The van der Waals surface area contributed by atoms with Crippen LogP contribution in [-0.4, -0.2) is 18.2 Å². The highest BCUT2D eigenvalue weighted by Gasteiger charge is 2.47. The van der Waals surface area contributed by atoms with Gasteiger partial charge in [-0.05, 0) is 6.07 Å². The summed E-state index contributed by atoms with van der Waals surface area (Å²) in [4.78, 5) is 10.9. The Morgan fingerprint density at radius 3 is 2.56 bits per heavy atom. The number of carbonyl (C=O) groups is 1. The summed E-state index contributed by atoms with van der Waals surface area (Å²) in [5.74, 6) is -2.36. The molecule has 0 saturated carbocycles. The second kappa shape index (κ2) is 3.82. The Balaban J connectivity index is 2.42. The molecule has 8 heteroatoms. The molecular formula is C10H6F5NO2. The third-order valence-electron chi connectivity index (χ3n) is 2.23. The van der Waals surface area contributed by atoms with Gasteiger partial charge in [0.05, 0.1) is 12.1 Å². The van der Waals surface area contributed by atoms with Gasteiger partial charge in [-0.15, -0.1) is 0 Å². The van der Waals surface area contributed by atoms with Crippen LogP contribution in [0.4, 0.5) is 27.6 Å². The number of amides is 1. The minimum atomic E-state index is -4.56. The van der Waals surface area contributed by atoms with E-state index in [1.165, 1.54) is 12.1 Å². The Morgan fingerprint density at radius 1 is 1.28 bits per heavy atom. The highest BCUT2D eigenvalue weighted by molar-refractivity contribution is 5.98. The number of fused-ring (bicyclic) bond motifs is 1. The smallest absolute Gasteiger partial charge is 0.423 e. The fourth-order valence-corrected chi connectivity index (χ4v) is 1.53. The lowest BCUT2D eigenvalue weighted by Crippen LogP contribution is -2.43. The molecule has 0 atom stereocenters. The van der Waals surface area contributed by atoms with Gasteiger partial charge < -0.3 is 10.1 Å². The fourth-order valence-electron chi connectivity index (χ4n) is 1.53. The van der Waals surface area contributed by atoms with Crippen LogP contribution in [0, 0.1) is 0 Å². The highest BCUT2D eigenvalue weighted by Crippen LogP contribution is 2.40. The molecule has 1 heterocycles. The van der Waals surface area contributed by atoms with Crippen LogP contribution in [0.5, 0.6) is 5.75 Å². The number of carbonyl (C=O) groups excluding carboxylic acids is 1. The minimum Gasteiger partial charge on any atom is -0.423 e. The van der Waals surface area contributed by atoms with E-state index < -0.39 is 35.9 Å². The number of ether oxygens (including phenoxy) is 1. The first-order valence-electron chi connectivity index (χ1n) is 4.76. The zero-order chi connectivity index (χ0) is 13.6. The zero-order valence-corrected chi connectivity index (χ0v) is 8.65. The van der Waals surface area contributed by atoms with E-state index in [0.717, 1.165) is 6.07 Å². The van der Waals surface area contributed by atoms with Gasteiger partial charge in [-0.1, -0.05) is 12.1 Å². The van der Waals surface area contributed by atoms with Crippen molar-refractivity contribution in [1.82, 2.24) is 0 Å². The SMILES string of the molecule is O=C1Nc2cccc(CC(F)(F)F)c2OC1(F)F. The summed E-state index contributed by atoms with van der Waals surface area (Å²) in [6, 6.07) is 3.41. The molecule has 1 aromatic carbocycles. The average Bonchev–Trinajstić information content (AvgIpc) is 2.19. The van der Waals surface area contributed by atoms with Crippen LogP contribution in [0.15, 0.2) is 18.2 Å². The molecule has 1 amide bonds. The van der Waals surface area contributed by atoms with Crippen molar-refractivity contribution in [3.05, 3.63) is 23.8 Å². The Morgan fingerprint density at radius 2 is 1.94 bits per heavy atom. The normalized spacial score (nSPS) is 17.7. The minimum absolute atomic E-state index is 0.201. The lowest BCUT2D eigenvalue weighted by atomic mass is 10.1. The van der Waals surface area contributed by atoms with E-state index in [1.807, 2.05) is 0 Å². The number of rotatable bonds is 1. The molecule has 0 radical (unpaired) electrons. The second-order valence-corrected chi connectivity index (χ2v) is 3.66. The van der Waals surface area contributed by atoms with Crippen LogP contribution in [0.2, 0.25) is 0 Å². The molecule has 2 rings (SSSR count). The standard InChI is InChI=1S/C10H6F5NO2/c11-9(12,13)4-5-2-1-3-6-7(5)18-10(14,15)8(17)16-6/h1-3H,4H2,(H,16,17). The average molecular weight is 267 g/mol. The molecular weight excluding hydrogens is 261 g/mol. The first-order valence-corrected chi connectivity index (χ1v) is 4.76. The van der Waals surface area contributed by atoms with Crippen LogP contribution in [0.3, 0.4) is 0 Å². The Bertz CT molecular complexity index is 498. The second-order valence-electron chi connectivity index (χ2n) is 3.66. The van der Waals surface area contributed by atoms with Gasteiger partial charge in [-0.25, -0.2) is 0 Å². The Hall–Kier alpha value is -1.86. The third kappa shape index (κ3) is 2.36. The van der Waals surface area contributed by atoms with E-state index in [2.05, 4.69) is 4.74 Å². The monoisotopic (exact) mass is 267 g/mol. The van der Waals surface area contributed by atoms with E-state index in [0.29, 0.717) is 0 Å². The summed E-state index contributed by atoms with van der Waals surface area (Å²) < 4.78 is 66.8. The first kappa shape index (κ1) is 12.6. The molecule has 1 N–H and O–H groups in total. The van der Waals surface area contributed by atoms with Gasteiger partial charge in [-0.3, -0.25) is 4.79 Å². The summed E-state index contributed by atoms with van der Waals surface area (Å²) in [5.41, 5.74) is -0.660. The predicted octanol–water partition coefficient (Wildman–Crippen LogP) is 2.72. The number of para-hydroxylation sites is 1. The van der Waals surface area contributed by atoms with Crippen molar-refractivity contribution in [1.29, 1.82) is 0 Å². The molecule has 1 aromatic rings. The molecule has 98 valence electrons. The van der Waals surface area contributed by atoms with E-state index in [-0.39, 0.29) is 5.69 Å². The Labute approximate surface area is 97.5 Å². The molecule has 0 saturated heterocycles. The predicted molar refractivity (Wildman–Crippen MR) is 50.4 cm³/mol. The molecule has 0 spiro atoms. The van der Waals surface area contributed by atoms with E-state index >= 15 is 0 Å². The van der Waals surface area contributed by atoms with Gasteiger partial charge in [0.15, 0.2) is 5.75 Å². The summed E-state index contributed by atoms with van der Waals surface area (Å²) in [5, 5.41) is 1.80. The van der Waals surface area contributed by atoms with Crippen molar-refractivity contribution in [2.75, 3.05) is 5.32 Å². The van der Waals surface area contributed by atoms with Crippen molar-refractivity contribution in [3.63, 3.8) is 0 Å². The molecule has 18 heavy (non-hydrogen) atoms.